The molecule has 1 heterocycles. The molecule has 0 unspecified atom stereocenters. The summed E-state index contributed by atoms with van der Waals surface area (Å²) in [4.78, 5) is 4.57. The number of fused-ring (bicyclic) bond motifs is 1. The van der Waals surface area contributed by atoms with Crippen LogP contribution >= 0.6 is 0 Å². The molecule has 0 fully saturated rings. The second kappa shape index (κ2) is 6.15. The Labute approximate surface area is 113 Å². The molecule has 0 saturated heterocycles. The second-order valence-corrected chi connectivity index (χ2v) is 5.17. The molecular weight excluding hydrogens is 241 g/mol. The maximum absolute atomic E-state index is 13.3. The molecule has 0 aliphatic heterocycles. The number of aryl methyl sites for hydroxylation is 1. The minimum Gasteiger partial charge on any atom is -0.328 e. The highest BCUT2D eigenvalue weighted by molar-refractivity contribution is 5.76. The third kappa shape index (κ3) is 3.32. The summed E-state index contributed by atoms with van der Waals surface area (Å²) in [6.45, 7) is 8.23. The molecule has 2 rings (SSSR count). The van der Waals surface area contributed by atoms with Crippen molar-refractivity contribution in [1.29, 1.82) is 0 Å². The van der Waals surface area contributed by atoms with E-state index in [0.717, 1.165) is 42.8 Å². The van der Waals surface area contributed by atoms with Crippen LogP contribution in [0, 0.1) is 5.82 Å². The Kier molecular flexibility index (Phi) is 4.53. The van der Waals surface area contributed by atoms with Gasteiger partial charge in [0.2, 0.25) is 0 Å². The average Bonchev–Trinajstić information content (AvgIpc) is 2.67. The van der Waals surface area contributed by atoms with E-state index in [4.69, 9.17) is 0 Å². The molecule has 0 spiro atoms. The number of benzene rings is 1. The van der Waals surface area contributed by atoms with Gasteiger partial charge in [0.15, 0.2) is 0 Å². The van der Waals surface area contributed by atoms with Gasteiger partial charge >= 0.3 is 0 Å². The van der Waals surface area contributed by atoms with Crippen LogP contribution in [0.1, 0.15) is 33.0 Å². The molecule has 0 aliphatic carbocycles. The lowest BCUT2D eigenvalue weighted by Gasteiger charge is -2.10. The third-order valence-corrected chi connectivity index (χ3v) is 3.14. The lowest BCUT2D eigenvalue weighted by Crippen LogP contribution is -2.25. The monoisotopic (exact) mass is 263 g/mol. The van der Waals surface area contributed by atoms with Crippen LogP contribution in [0.2, 0.25) is 0 Å². The van der Waals surface area contributed by atoms with Gasteiger partial charge in [-0.15, -0.1) is 0 Å². The van der Waals surface area contributed by atoms with Gasteiger partial charge < -0.3 is 9.88 Å². The van der Waals surface area contributed by atoms with Crippen LogP contribution in [-0.4, -0.2) is 22.1 Å². The molecule has 0 atom stereocenters. The first kappa shape index (κ1) is 14.0. The van der Waals surface area contributed by atoms with Crippen LogP contribution in [0.3, 0.4) is 0 Å². The molecule has 1 aromatic heterocycles. The lowest BCUT2D eigenvalue weighted by atomic mass is 10.3. The van der Waals surface area contributed by atoms with E-state index in [2.05, 4.69) is 35.6 Å². The summed E-state index contributed by atoms with van der Waals surface area (Å²) >= 11 is 0. The maximum atomic E-state index is 13.3. The van der Waals surface area contributed by atoms with E-state index in [0.29, 0.717) is 6.04 Å². The van der Waals surface area contributed by atoms with Crippen molar-refractivity contribution in [3.05, 3.63) is 29.8 Å². The largest absolute Gasteiger partial charge is 0.328 e. The maximum Gasteiger partial charge on any atom is 0.125 e. The predicted octanol–water partition coefficient (Wildman–Crippen LogP) is 3.13. The number of nitrogens with zero attached hydrogens (tertiary/aromatic N) is 2. The van der Waals surface area contributed by atoms with Crippen molar-refractivity contribution < 1.29 is 4.39 Å². The summed E-state index contributed by atoms with van der Waals surface area (Å²) in [7, 11) is 0. The molecule has 0 aliphatic rings. The molecule has 104 valence electrons. The average molecular weight is 263 g/mol. The summed E-state index contributed by atoms with van der Waals surface area (Å²) in [6, 6.07) is 5.32. The topological polar surface area (TPSA) is 29.9 Å². The molecule has 1 N–H and O–H groups in total. The van der Waals surface area contributed by atoms with Gasteiger partial charge in [-0.25, -0.2) is 9.37 Å². The normalized spacial score (nSPS) is 11.6. The molecule has 19 heavy (non-hydrogen) atoms. The smallest absolute Gasteiger partial charge is 0.125 e. The molecule has 2 aromatic rings. The highest BCUT2D eigenvalue weighted by atomic mass is 19.1. The Bertz CT molecular complexity index is 546. The van der Waals surface area contributed by atoms with Crippen molar-refractivity contribution >= 4 is 11.0 Å². The van der Waals surface area contributed by atoms with E-state index < -0.39 is 0 Å². The number of imidazole rings is 1. The van der Waals surface area contributed by atoms with Crippen LogP contribution in [0.25, 0.3) is 11.0 Å². The van der Waals surface area contributed by atoms with Gasteiger partial charge in [-0.2, -0.15) is 0 Å². The minimum absolute atomic E-state index is 0.222. The molecule has 0 saturated carbocycles. The summed E-state index contributed by atoms with van der Waals surface area (Å²) in [6.07, 6.45) is 1.92. The summed E-state index contributed by atoms with van der Waals surface area (Å²) in [5.74, 6) is 0.816. The van der Waals surface area contributed by atoms with Crippen molar-refractivity contribution in [3.63, 3.8) is 0 Å². The summed E-state index contributed by atoms with van der Waals surface area (Å²) < 4.78 is 15.5. The van der Waals surface area contributed by atoms with Gasteiger partial charge in [0, 0.05) is 31.6 Å². The lowest BCUT2D eigenvalue weighted by molar-refractivity contribution is 0.567. The van der Waals surface area contributed by atoms with Crippen LogP contribution in [0.4, 0.5) is 4.39 Å². The van der Waals surface area contributed by atoms with Crippen LogP contribution in [0.15, 0.2) is 18.2 Å². The second-order valence-electron chi connectivity index (χ2n) is 5.17. The fourth-order valence-corrected chi connectivity index (χ4v) is 2.29. The zero-order valence-electron chi connectivity index (χ0n) is 11.9. The first-order valence-electron chi connectivity index (χ1n) is 7.00. The van der Waals surface area contributed by atoms with E-state index in [1.54, 1.807) is 0 Å². The van der Waals surface area contributed by atoms with Gasteiger partial charge in [-0.05, 0) is 18.6 Å². The first-order valence-corrected chi connectivity index (χ1v) is 7.00. The Morgan fingerprint density at radius 3 is 2.84 bits per heavy atom. The molecular formula is C15H22FN3. The molecule has 0 radical (unpaired) electrons. The van der Waals surface area contributed by atoms with Crippen molar-refractivity contribution in [2.75, 3.05) is 6.54 Å². The van der Waals surface area contributed by atoms with Gasteiger partial charge in [0.1, 0.15) is 11.6 Å². The van der Waals surface area contributed by atoms with E-state index in [-0.39, 0.29) is 5.82 Å². The zero-order valence-corrected chi connectivity index (χ0v) is 11.9. The highest BCUT2D eigenvalue weighted by Gasteiger charge is 2.10. The Balaban J connectivity index is 2.27. The number of hydrogen-bond donors (Lipinski definition) is 1. The van der Waals surface area contributed by atoms with Crippen LogP contribution < -0.4 is 5.32 Å². The van der Waals surface area contributed by atoms with Crippen LogP contribution in [0.5, 0.6) is 0 Å². The zero-order chi connectivity index (χ0) is 13.8. The molecule has 0 amide bonds. The highest BCUT2D eigenvalue weighted by Crippen LogP contribution is 2.18. The quantitative estimate of drug-likeness (QED) is 0.867. The SMILES string of the molecule is CCCn1c(CCNC(C)C)nc2cc(F)ccc21. The minimum atomic E-state index is -0.222. The molecule has 0 bridgehead atoms. The first-order chi connectivity index (χ1) is 9.11. The molecule has 3 nitrogen and oxygen atoms in total. The fraction of sp³-hybridized carbons (Fsp3) is 0.533. The van der Waals surface area contributed by atoms with Crippen molar-refractivity contribution in [2.24, 2.45) is 0 Å². The standard InChI is InChI=1S/C15H22FN3/c1-4-9-19-14-6-5-12(16)10-13(14)18-15(19)7-8-17-11(2)3/h5-6,10-11,17H,4,7-9H2,1-3H3. The van der Waals surface area contributed by atoms with Gasteiger partial charge in [-0.3, -0.25) is 0 Å². The Morgan fingerprint density at radius 2 is 2.16 bits per heavy atom. The Hall–Kier alpha value is -1.42. The predicted molar refractivity (Wildman–Crippen MR) is 76.8 cm³/mol. The number of hydrogen-bond acceptors (Lipinski definition) is 2. The van der Waals surface area contributed by atoms with Gasteiger partial charge in [0.05, 0.1) is 11.0 Å². The number of rotatable bonds is 6. The van der Waals surface area contributed by atoms with Crippen molar-refractivity contribution in [1.82, 2.24) is 14.9 Å². The molecule has 1 aromatic carbocycles. The number of aromatic nitrogens is 2. The van der Waals surface area contributed by atoms with Crippen molar-refractivity contribution in [3.8, 4) is 0 Å². The van der Waals surface area contributed by atoms with Gasteiger partial charge in [-0.1, -0.05) is 20.8 Å². The third-order valence-electron chi connectivity index (χ3n) is 3.14. The fourth-order valence-electron chi connectivity index (χ4n) is 2.29. The number of nitrogens with one attached hydrogen (secondary N) is 1. The van der Waals surface area contributed by atoms with E-state index >= 15 is 0 Å². The number of halogens is 1. The molecule has 4 heteroatoms. The van der Waals surface area contributed by atoms with E-state index in [1.165, 1.54) is 12.1 Å². The van der Waals surface area contributed by atoms with Gasteiger partial charge in [0.25, 0.3) is 0 Å². The van der Waals surface area contributed by atoms with E-state index in [1.807, 2.05) is 6.07 Å². The van der Waals surface area contributed by atoms with E-state index in [9.17, 15) is 4.39 Å². The Morgan fingerprint density at radius 1 is 1.37 bits per heavy atom. The summed E-state index contributed by atoms with van der Waals surface area (Å²) in [5.41, 5.74) is 1.79. The van der Waals surface area contributed by atoms with Crippen LogP contribution in [-0.2, 0) is 13.0 Å². The summed E-state index contributed by atoms with van der Waals surface area (Å²) in [5, 5.41) is 3.39. The van der Waals surface area contributed by atoms with Crippen molar-refractivity contribution in [2.45, 2.75) is 46.2 Å².